The Kier molecular flexibility index (Phi) is 4.64. The molecule has 0 heterocycles. The van der Waals surface area contributed by atoms with Crippen LogP contribution in [0.3, 0.4) is 0 Å². The van der Waals surface area contributed by atoms with Gasteiger partial charge in [-0.3, -0.25) is 0 Å². The highest BCUT2D eigenvalue weighted by atomic mass is 16.3. The van der Waals surface area contributed by atoms with Crippen molar-refractivity contribution < 1.29 is 5.11 Å². The van der Waals surface area contributed by atoms with E-state index in [0.29, 0.717) is 0 Å². The number of rotatable bonds is 3. The molecule has 0 aromatic rings. The second-order valence-corrected chi connectivity index (χ2v) is 3.70. The number of terminal acetylenes is 1. The lowest BCUT2D eigenvalue weighted by Crippen LogP contribution is -2.00. The van der Waals surface area contributed by atoms with Crippen LogP contribution in [0.1, 0.15) is 44.9 Å². The lowest BCUT2D eigenvalue weighted by molar-refractivity contribution is 0.211. The van der Waals surface area contributed by atoms with E-state index >= 15 is 0 Å². The summed E-state index contributed by atoms with van der Waals surface area (Å²) in [6.45, 7) is 0. The van der Waals surface area contributed by atoms with Gasteiger partial charge in [0.2, 0.25) is 0 Å². The van der Waals surface area contributed by atoms with E-state index < -0.39 is 0 Å². The minimum absolute atomic E-state index is 0.205. The first-order chi connectivity index (χ1) is 6.33. The molecule has 1 heteroatoms. The molecule has 1 rings (SSSR count). The van der Waals surface area contributed by atoms with Gasteiger partial charge in [-0.1, -0.05) is 18.1 Å². The molecule has 1 nitrogen and oxygen atoms in total. The Bertz CT molecular complexity index is 210. The zero-order valence-corrected chi connectivity index (χ0v) is 8.13. The highest BCUT2D eigenvalue weighted by Crippen LogP contribution is 2.21. The largest absolute Gasteiger partial charge is 0.389 e. The second-order valence-electron chi connectivity index (χ2n) is 3.70. The van der Waals surface area contributed by atoms with Crippen molar-refractivity contribution in [2.24, 2.45) is 0 Å². The van der Waals surface area contributed by atoms with Crippen molar-refractivity contribution in [3.05, 3.63) is 11.6 Å². The highest BCUT2D eigenvalue weighted by molar-refractivity contribution is 5.07. The summed E-state index contributed by atoms with van der Waals surface area (Å²) in [5.41, 5.74) is 1.40. The van der Waals surface area contributed by atoms with Crippen LogP contribution in [0, 0.1) is 12.3 Å². The van der Waals surface area contributed by atoms with Gasteiger partial charge in [0.1, 0.15) is 0 Å². The van der Waals surface area contributed by atoms with Gasteiger partial charge in [-0.05, 0) is 32.1 Å². The Balaban J connectivity index is 2.33. The second kappa shape index (κ2) is 5.83. The highest BCUT2D eigenvalue weighted by Gasteiger charge is 2.08. The Morgan fingerprint density at radius 3 is 3.15 bits per heavy atom. The number of aliphatic hydroxyl groups excluding tert-OH is 1. The van der Waals surface area contributed by atoms with E-state index in [9.17, 15) is 5.11 Å². The zero-order valence-electron chi connectivity index (χ0n) is 8.13. The van der Waals surface area contributed by atoms with Crippen LogP contribution in [0.25, 0.3) is 0 Å². The van der Waals surface area contributed by atoms with Crippen molar-refractivity contribution in [1.29, 1.82) is 0 Å². The lowest BCUT2D eigenvalue weighted by atomic mass is 10.0. The van der Waals surface area contributed by atoms with E-state index in [2.05, 4.69) is 5.92 Å². The van der Waals surface area contributed by atoms with E-state index in [1.807, 2.05) is 6.08 Å². The number of allylic oxidation sites excluding steroid dienone is 1. The summed E-state index contributed by atoms with van der Waals surface area (Å²) in [5, 5.41) is 9.50. The Hall–Kier alpha value is -0.740. The van der Waals surface area contributed by atoms with Gasteiger partial charge >= 0.3 is 0 Å². The molecule has 1 aliphatic rings. The fourth-order valence-electron chi connectivity index (χ4n) is 1.77. The average molecular weight is 178 g/mol. The van der Waals surface area contributed by atoms with Gasteiger partial charge in [-0.2, -0.15) is 0 Å². The van der Waals surface area contributed by atoms with Gasteiger partial charge in [0.15, 0.2) is 0 Å². The standard InChI is InChI=1S/C12H18O/c1-2-3-4-7-11-8-5-6-9-12(13)10-11/h1,10,12-13H,3-9H2. The number of aliphatic hydroxyl groups is 1. The molecular formula is C12H18O. The van der Waals surface area contributed by atoms with Crippen LogP contribution in [0.2, 0.25) is 0 Å². The molecule has 0 saturated carbocycles. The third kappa shape index (κ3) is 4.15. The van der Waals surface area contributed by atoms with Crippen LogP contribution in [0.5, 0.6) is 0 Å². The maximum Gasteiger partial charge on any atom is 0.0723 e. The lowest BCUT2D eigenvalue weighted by Gasteiger charge is -2.04. The quantitative estimate of drug-likeness (QED) is 0.400. The van der Waals surface area contributed by atoms with Crippen LogP contribution < -0.4 is 0 Å². The number of hydrogen-bond donors (Lipinski definition) is 1. The van der Waals surface area contributed by atoms with Gasteiger partial charge < -0.3 is 5.11 Å². The van der Waals surface area contributed by atoms with Crippen molar-refractivity contribution in [2.45, 2.75) is 51.0 Å². The van der Waals surface area contributed by atoms with Crippen molar-refractivity contribution in [2.75, 3.05) is 0 Å². The molecule has 1 aliphatic carbocycles. The molecule has 0 aliphatic heterocycles. The molecule has 0 saturated heterocycles. The molecule has 13 heavy (non-hydrogen) atoms. The van der Waals surface area contributed by atoms with Crippen LogP contribution in [0.15, 0.2) is 11.6 Å². The van der Waals surface area contributed by atoms with Gasteiger partial charge in [0.05, 0.1) is 6.10 Å². The van der Waals surface area contributed by atoms with Crippen molar-refractivity contribution in [1.82, 2.24) is 0 Å². The van der Waals surface area contributed by atoms with Crippen molar-refractivity contribution in [3.63, 3.8) is 0 Å². The summed E-state index contributed by atoms with van der Waals surface area (Å²) < 4.78 is 0. The number of hydrogen-bond acceptors (Lipinski definition) is 1. The van der Waals surface area contributed by atoms with Crippen LogP contribution in [-0.4, -0.2) is 11.2 Å². The maximum atomic E-state index is 9.50. The van der Waals surface area contributed by atoms with E-state index in [-0.39, 0.29) is 6.10 Å². The Morgan fingerprint density at radius 1 is 1.54 bits per heavy atom. The first-order valence-corrected chi connectivity index (χ1v) is 5.14. The predicted octanol–water partition coefficient (Wildman–Crippen LogP) is 2.65. The molecule has 0 aromatic heterocycles. The van der Waals surface area contributed by atoms with E-state index in [0.717, 1.165) is 38.5 Å². The van der Waals surface area contributed by atoms with Crippen LogP contribution in [-0.2, 0) is 0 Å². The van der Waals surface area contributed by atoms with Gasteiger partial charge in [0, 0.05) is 6.42 Å². The van der Waals surface area contributed by atoms with Crippen molar-refractivity contribution in [3.8, 4) is 12.3 Å². The van der Waals surface area contributed by atoms with Gasteiger partial charge in [0.25, 0.3) is 0 Å². The molecule has 72 valence electrons. The van der Waals surface area contributed by atoms with E-state index in [1.54, 1.807) is 0 Å². The summed E-state index contributed by atoms with van der Waals surface area (Å²) in [7, 11) is 0. The van der Waals surface area contributed by atoms with E-state index in [1.165, 1.54) is 12.0 Å². The predicted molar refractivity (Wildman–Crippen MR) is 55.2 cm³/mol. The first kappa shape index (κ1) is 10.3. The molecule has 1 unspecified atom stereocenters. The number of unbranched alkanes of at least 4 members (excludes halogenated alkanes) is 1. The van der Waals surface area contributed by atoms with E-state index in [4.69, 9.17) is 6.42 Å². The molecular weight excluding hydrogens is 160 g/mol. The van der Waals surface area contributed by atoms with Gasteiger partial charge in [-0.25, -0.2) is 0 Å². The molecule has 0 bridgehead atoms. The fourth-order valence-corrected chi connectivity index (χ4v) is 1.77. The fraction of sp³-hybridized carbons (Fsp3) is 0.667. The minimum Gasteiger partial charge on any atom is -0.389 e. The normalized spacial score (nSPS) is 23.1. The van der Waals surface area contributed by atoms with Crippen LogP contribution >= 0.6 is 0 Å². The molecule has 1 N–H and O–H groups in total. The zero-order chi connectivity index (χ0) is 9.52. The summed E-state index contributed by atoms with van der Waals surface area (Å²) >= 11 is 0. The Labute approximate surface area is 80.9 Å². The third-order valence-electron chi connectivity index (χ3n) is 2.49. The van der Waals surface area contributed by atoms with Crippen molar-refractivity contribution >= 4 is 0 Å². The summed E-state index contributed by atoms with van der Waals surface area (Å²) in [6.07, 6.45) is 14.5. The van der Waals surface area contributed by atoms with Gasteiger partial charge in [-0.15, -0.1) is 12.3 Å². The third-order valence-corrected chi connectivity index (χ3v) is 2.49. The monoisotopic (exact) mass is 178 g/mol. The maximum absolute atomic E-state index is 9.50. The smallest absolute Gasteiger partial charge is 0.0723 e. The summed E-state index contributed by atoms with van der Waals surface area (Å²) in [4.78, 5) is 0. The minimum atomic E-state index is -0.205. The Morgan fingerprint density at radius 2 is 2.38 bits per heavy atom. The first-order valence-electron chi connectivity index (χ1n) is 5.14. The SMILES string of the molecule is C#CCCCC1=CC(O)CCCC1. The average Bonchev–Trinajstić information content (AvgIpc) is 2.31. The van der Waals surface area contributed by atoms with Crippen LogP contribution in [0.4, 0.5) is 0 Å². The molecule has 0 aromatic carbocycles. The summed E-state index contributed by atoms with van der Waals surface area (Å²) in [5.74, 6) is 2.64. The molecule has 0 fully saturated rings. The topological polar surface area (TPSA) is 20.2 Å². The molecule has 0 radical (unpaired) electrons. The summed E-state index contributed by atoms with van der Waals surface area (Å²) in [6, 6.07) is 0. The molecule has 0 spiro atoms. The molecule has 1 atom stereocenters. The molecule has 0 amide bonds.